The number of aromatic nitrogens is 1. The highest BCUT2D eigenvalue weighted by Crippen LogP contribution is 2.37. The molecule has 1 aromatic heterocycles. The fourth-order valence-corrected chi connectivity index (χ4v) is 3.31. The van der Waals surface area contributed by atoms with Gasteiger partial charge in [-0.05, 0) is 18.2 Å². The molecule has 1 aliphatic rings. The Hall–Kier alpha value is -2.77. The molecule has 2 heterocycles. The number of nitrogens with two attached hydrogens (primary N) is 1. The van der Waals surface area contributed by atoms with E-state index in [4.69, 9.17) is 19.6 Å². The van der Waals surface area contributed by atoms with Gasteiger partial charge in [-0.1, -0.05) is 34.1 Å². The van der Waals surface area contributed by atoms with E-state index < -0.39 is 6.35 Å². The average Bonchev–Trinajstić information content (AvgIpc) is 3.31. The first-order valence-electron chi connectivity index (χ1n) is 7.91. The van der Waals surface area contributed by atoms with Crippen LogP contribution in [0.3, 0.4) is 0 Å². The Morgan fingerprint density at radius 1 is 1.19 bits per heavy atom. The summed E-state index contributed by atoms with van der Waals surface area (Å²) in [7, 11) is 1.61. The predicted molar refractivity (Wildman–Crippen MR) is 102 cm³/mol. The molecule has 0 saturated heterocycles. The minimum Gasteiger partial charge on any atom is -0.496 e. The second-order valence-corrected chi connectivity index (χ2v) is 6.49. The summed E-state index contributed by atoms with van der Waals surface area (Å²) in [6.07, 6.45) is 4.29. The number of rotatable bonds is 4. The first-order valence-corrected chi connectivity index (χ1v) is 8.71. The minimum absolute atomic E-state index is 0.627. The molecule has 2 aromatic carbocycles. The van der Waals surface area contributed by atoms with Crippen LogP contribution < -0.4 is 15.4 Å². The molecule has 2 N–H and O–H groups in total. The normalized spacial score (nSPS) is 16.3. The second-order valence-electron chi connectivity index (χ2n) is 5.64. The molecule has 0 aliphatic carbocycles. The molecule has 0 amide bonds. The van der Waals surface area contributed by atoms with Gasteiger partial charge in [0.2, 0.25) is 6.35 Å². The van der Waals surface area contributed by atoms with Crippen molar-refractivity contribution in [3.05, 3.63) is 71.3 Å². The molecule has 6 nitrogen and oxygen atoms in total. The molecule has 0 bridgehead atoms. The standard InChI is InChI=1S/C19H16BrN3O3/c1-24-16-8-12(6-7-14(16)17-9-22-11-25-17)23-10-18(26-19(23)21)13-4-2-3-5-15(13)20/h2-11,19H,21H2,1H3. The maximum absolute atomic E-state index is 6.18. The zero-order chi connectivity index (χ0) is 18.1. The van der Waals surface area contributed by atoms with Gasteiger partial charge in [0.1, 0.15) is 11.5 Å². The van der Waals surface area contributed by atoms with E-state index in [9.17, 15) is 0 Å². The Bertz CT molecular complexity index is 956. The van der Waals surface area contributed by atoms with Crippen LogP contribution in [0.15, 0.2) is 70.1 Å². The molecular formula is C19H16BrN3O3. The predicted octanol–water partition coefficient (Wildman–Crippen LogP) is 4.19. The van der Waals surface area contributed by atoms with E-state index in [-0.39, 0.29) is 0 Å². The molecule has 3 aromatic rings. The smallest absolute Gasteiger partial charge is 0.231 e. The maximum Gasteiger partial charge on any atom is 0.231 e. The fraction of sp³-hybridized carbons (Fsp3) is 0.105. The first-order chi connectivity index (χ1) is 12.7. The van der Waals surface area contributed by atoms with E-state index in [1.165, 1.54) is 6.39 Å². The third kappa shape index (κ3) is 2.95. The summed E-state index contributed by atoms with van der Waals surface area (Å²) in [6.45, 7) is 0. The lowest BCUT2D eigenvalue weighted by atomic mass is 10.1. The van der Waals surface area contributed by atoms with Crippen LogP contribution in [-0.4, -0.2) is 18.4 Å². The number of methoxy groups -OCH3 is 1. The van der Waals surface area contributed by atoms with E-state index in [1.54, 1.807) is 13.3 Å². The SMILES string of the molecule is COc1cc(N2C=C(c3ccccc3Br)OC2N)ccc1-c1cnco1. The Balaban J connectivity index is 1.70. The number of anilines is 1. The quantitative estimate of drug-likeness (QED) is 0.690. The molecule has 1 unspecified atom stereocenters. The van der Waals surface area contributed by atoms with E-state index in [0.29, 0.717) is 17.3 Å². The van der Waals surface area contributed by atoms with Gasteiger partial charge in [-0.3, -0.25) is 10.6 Å². The molecule has 1 atom stereocenters. The molecule has 26 heavy (non-hydrogen) atoms. The van der Waals surface area contributed by atoms with Gasteiger partial charge in [-0.2, -0.15) is 0 Å². The van der Waals surface area contributed by atoms with Crippen molar-refractivity contribution in [1.82, 2.24) is 4.98 Å². The molecule has 0 saturated carbocycles. The lowest BCUT2D eigenvalue weighted by molar-refractivity contribution is 0.199. The number of halogens is 1. The zero-order valence-corrected chi connectivity index (χ0v) is 15.5. The molecule has 0 fully saturated rings. The summed E-state index contributed by atoms with van der Waals surface area (Å²) in [4.78, 5) is 5.80. The number of oxazole rings is 1. The third-order valence-electron chi connectivity index (χ3n) is 4.10. The molecule has 0 spiro atoms. The molecule has 4 rings (SSSR count). The Labute approximate surface area is 159 Å². The van der Waals surface area contributed by atoms with Crippen molar-refractivity contribution < 1.29 is 13.9 Å². The van der Waals surface area contributed by atoms with Crippen molar-refractivity contribution in [1.29, 1.82) is 0 Å². The lowest BCUT2D eigenvalue weighted by Crippen LogP contribution is -2.36. The second kappa shape index (κ2) is 6.86. The van der Waals surface area contributed by atoms with Crippen LogP contribution >= 0.6 is 15.9 Å². The van der Waals surface area contributed by atoms with Crippen molar-refractivity contribution in [2.24, 2.45) is 5.73 Å². The zero-order valence-electron chi connectivity index (χ0n) is 13.9. The van der Waals surface area contributed by atoms with Crippen LogP contribution in [0.2, 0.25) is 0 Å². The Morgan fingerprint density at radius 3 is 2.77 bits per heavy atom. The third-order valence-corrected chi connectivity index (χ3v) is 4.79. The summed E-state index contributed by atoms with van der Waals surface area (Å²) < 4.78 is 17.7. The van der Waals surface area contributed by atoms with E-state index >= 15 is 0 Å². The van der Waals surface area contributed by atoms with Gasteiger partial charge >= 0.3 is 0 Å². The first kappa shape index (κ1) is 16.7. The van der Waals surface area contributed by atoms with Gasteiger partial charge in [-0.25, -0.2) is 4.98 Å². The largest absolute Gasteiger partial charge is 0.496 e. The number of nitrogens with zero attached hydrogens (tertiary/aromatic N) is 2. The molecule has 0 radical (unpaired) electrons. The fourth-order valence-electron chi connectivity index (χ4n) is 2.83. The van der Waals surface area contributed by atoms with Crippen LogP contribution in [-0.2, 0) is 4.74 Å². The Morgan fingerprint density at radius 2 is 2.04 bits per heavy atom. The highest BCUT2D eigenvalue weighted by Gasteiger charge is 2.26. The lowest BCUT2D eigenvalue weighted by Gasteiger charge is -2.21. The number of hydrogen-bond donors (Lipinski definition) is 1. The van der Waals surface area contributed by atoms with Crippen molar-refractivity contribution in [2.45, 2.75) is 6.35 Å². The molecule has 132 valence electrons. The monoisotopic (exact) mass is 413 g/mol. The van der Waals surface area contributed by atoms with Gasteiger partial charge in [-0.15, -0.1) is 0 Å². The van der Waals surface area contributed by atoms with Crippen LogP contribution in [0.5, 0.6) is 5.75 Å². The van der Waals surface area contributed by atoms with Gasteiger partial charge in [0.25, 0.3) is 0 Å². The van der Waals surface area contributed by atoms with Gasteiger partial charge in [0, 0.05) is 21.8 Å². The highest BCUT2D eigenvalue weighted by atomic mass is 79.9. The summed E-state index contributed by atoms with van der Waals surface area (Å²) >= 11 is 3.54. The molecular weight excluding hydrogens is 398 g/mol. The van der Waals surface area contributed by atoms with Crippen molar-refractivity contribution >= 4 is 27.4 Å². The topological polar surface area (TPSA) is 73.8 Å². The van der Waals surface area contributed by atoms with Gasteiger partial charge in [0.05, 0.1) is 25.1 Å². The van der Waals surface area contributed by atoms with Gasteiger partial charge < -0.3 is 13.9 Å². The highest BCUT2D eigenvalue weighted by molar-refractivity contribution is 9.10. The van der Waals surface area contributed by atoms with E-state index in [1.807, 2.05) is 53.6 Å². The van der Waals surface area contributed by atoms with Gasteiger partial charge in [0.15, 0.2) is 12.2 Å². The minimum atomic E-state index is -0.627. The van der Waals surface area contributed by atoms with E-state index in [2.05, 4.69) is 20.9 Å². The summed E-state index contributed by atoms with van der Waals surface area (Å²) in [5.74, 6) is 2.00. The number of benzene rings is 2. The van der Waals surface area contributed by atoms with E-state index in [0.717, 1.165) is 21.3 Å². The van der Waals surface area contributed by atoms with Crippen LogP contribution in [0, 0.1) is 0 Å². The molecule has 1 aliphatic heterocycles. The summed E-state index contributed by atoms with van der Waals surface area (Å²) in [6, 6.07) is 13.6. The maximum atomic E-state index is 6.18. The number of hydrogen-bond acceptors (Lipinski definition) is 6. The van der Waals surface area contributed by atoms with Crippen LogP contribution in [0.25, 0.3) is 17.1 Å². The van der Waals surface area contributed by atoms with Crippen LogP contribution in [0.4, 0.5) is 5.69 Å². The summed E-state index contributed by atoms with van der Waals surface area (Å²) in [5, 5.41) is 0. The van der Waals surface area contributed by atoms with Crippen molar-refractivity contribution in [3.63, 3.8) is 0 Å². The molecule has 7 heteroatoms. The number of ether oxygens (including phenoxy) is 2. The van der Waals surface area contributed by atoms with Crippen molar-refractivity contribution in [3.8, 4) is 17.1 Å². The van der Waals surface area contributed by atoms with Crippen LogP contribution in [0.1, 0.15) is 5.56 Å². The van der Waals surface area contributed by atoms with Crippen molar-refractivity contribution in [2.75, 3.05) is 12.0 Å². The summed E-state index contributed by atoms with van der Waals surface area (Å²) in [5.41, 5.74) is 8.78. The Kier molecular flexibility index (Phi) is 4.40. The average molecular weight is 414 g/mol.